The van der Waals surface area contributed by atoms with Crippen molar-refractivity contribution in [3.63, 3.8) is 0 Å². The van der Waals surface area contributed by atoms with Gasteiger partial charge in [0.2, 0.25) is 11.8 Å². The van der Waals surface area contributed by atoms with Crippen molar-refractivity contribution >= 4 is 45.9 Å². The molecule has 47 heavy (non-hydrogen) atoms. The minimum absolute atomic E-state index is 0.0494. The standard InChI is InChI=1S/C34H32FN5O6S/c1-20(41)38-33(47)39-25-8-9-29(27(35)12-25)46-32-26-13-30(43-2)31(14-28(26)36-19-37-32)44-18-22-10-23-15-40(16-24(23)11-22)34(42)45-17-21-6-4-3-5-7-21/h3-10,12-14,19,22,24H,11,15-18H2,1-2H3,(H2,38,39,41,47). The maximum absolute atomic E-state index is 14.9. The average Bonchev–Trinajstić information content (AvgIpc) is 3.63. The van der Waals surface area contributed by atoms with Crippen molar-refractivity contribution in [1.82, 2.24) is 20.2 Å². The van der Waals surface area contributed by atoms with E-state index < -0.39 is 5.82 Å². The first-order chi connectivity index (χ1) is 22.7. The molecule has 1 aliphatic carbocycles. The highest BCUT2D eigenvalue weighted by Crippen LogP contribution is 2.40. The molecule has 13 heteroatoms. The predicted molar refractivity (Wildman–Crippen MR) is 176 cm³/mol. The lowest BCUT2D eigenvalue weighted by Crippen LogP contribution is -2.32. The van der Waals surface area contributed by atoms with Gasteiger partial charge in [-0.15, -0.1) is 0 Å². The Bertz CT molecular complexity index is 1860. The summed E-state index contributed by atoms with van der Waals surface area (Å²) < 4.78 is 38.1. The fourth-order valence-corrected chi connectivity index (χ4v) is 5.95. The van der Waals surface area contributed by atoms with Gasteiger partial charge in [0.05, 0.1) is 24.6 Å². The number of nitrogens with one attached hydrogen (secondary N) is 2. The molecule has 2 amide bonds. The van der Waals surface area contributed by atoms with Gasteiger partial charge in [0, 0.05) is 49.7 Å². The van der Waals surface area contributed by atoms with Gasteiger partial charge in [-0.1, -0.05) is 36.4 Å². The Morgan fingerprint density at radius 1 is 1.06 bits per heavy atom. The van der Waals surface area contributed by atoms with Gasteiger partial charge in [-0.3, -0.25) is 4.79 Å². The number of carbonyl (C=O) groups is 2. The second-order valence-electron chi connectivity index (χ2n) is 11.2. The van der Waals surface area contributed by atoms with Gasteiger partial charge in [-0.2, -0.15) is 0 Å². The third-order valence-electron chi connectivity index (χ3n) is 7.86. The Morgan fingerprint density at radius 3 is 2.64 bits per heavy atom. The molecule has 11 nitrogen and oxygen atoms in total. The van der Waals surface area contributed by atoms with Crippen molar-refractivity contribution in [2.75, 3.05) is 32.1 Å². The van der Waals surface area contributed by atoms with E-state index in [2.05, 4.69) is 26.7 Å². The third kappa shape index (κ3) is 7.58. The largest absolute Gasteiger partial charge is 0.493 e. The SMILES string of the molecule is COc1cc2c(Oc3ccc(NC(=S)NC(C)=O)cc3F)ncnc2cc1OCC1C=C2CN(C(=O)OCc3ccccc3)CC2C1. The van der Waals surface area contributed by atoms with Crippen LogP contribution in [0.1, 0.15) is 18.9 Å². The third-order valence-corrected chi connectivity index (χ3v) is 8.07. The number of fused-ring (bicyclic) bond motifs is 2. The molecule has 1 saturated heterocycles. The van der Waals surface area contributed by atoms with Crippen LogP contribution in [0.15, 0.2) is 78.6 Å². The molecule has 2 atom stereocenters. The van der Waals surface area contributed by atoms with E-state index in [0.717, 1.165) is 12.0 Å². The summed E-state index contributed by atoms with van der Waals surface area (Å²) in [6.45, 7) is 3.17. The molecule has 242 valence electrons. The number of aromatic nitrogens is 2. The molecule has 0 spiro atoms. The lowest BCUT2D eigenvalue weighted by atomic mass is 10.0. The van der Waals surface area contributed by atoms with Crippen LogP contribution in [-0.2, 0) is 16.1 Å². The van der Waals surface area contributed by atoms with Crippen LogP contribution in [0, 0.1) is 17.7 Å². The minimum atomic E-state index is -0.665. The number of ether oxygens (including phenoxy) is 4. The van der Waals surface area contributed by atoms with Gasteiger partial charge >= 0.3 is 6.09 Å². The van der Waals surface area contributed by atoms with Crippen molar-refractivity contribution in [1.29, 1.82) is 0 Å². The lowest BCUT2D eigenvalue weighted by Gasteiger charge is -2.18. The minimum Gasteiger partial charge on any atom is -0.493 e. The van der Waals surface area contributed by atoms with E-state index in [1.165, 1.54) is 38.1 Å². The molecule has 1 aliphatic heterocycles. The number of thiocarbonyl (C=S) groups is 1. The van der Waals surface area contributed by atoms with Crippen molar-refractivity contribution in [2.24, 2.45) is 11.8 Å². The van der Waals surface area contributed by atoms with Crippen LogP contribution in [0.5, 0.6) is 23.1 Å². The van der Waals surface area contributed by atoms with Crippen LogP contribution in [0.2, 0.25) is 0 Å². The fraction of sp³-hybridized carbons (Fsp3) is 0.265. The van der Waals surface area contributed by atoms with Gasteiger partial charge in [0.15, 0.2) is 28.2 Å². The predicted octanol–water partition coefficient (Wildman–Crippen LogP) is 6.00. The number of likely N-dealkylation sites (tertiary alicyclic amines) is 1. The number of rotatable bonds is 9. The van der Waals surface area contributed by atoms with Crippen LogP contribution in [-0.4, -0.2) is 58.8 Å². The number of hydrogen-bond donors (Lipinski definition) is 2. The number of anilines is 1. The summed E-state index contributed by atoms with van der Waals surface area (Å²) in [4.78, 5) is 34.1. The summed E-state index contributed by atoms with van der Waals surface area (Å²) in [5.41, 5.74) is 3.04. The molecule has 2 unspecified atom stereocenters. The van der Waals surface area contributed by atoms with Crippen LogP contribution in [0.3, 0.4) is 0 Å². The van der Waals surface area contributed by atoms with E-state index >= 15 is 0 Å². The molecule has 1 fully saturated rings. The average molecular weight is 658 g/mol. The highest BCUT2D eigenvalue weighted by Gasteiger charge is 2.37. The summed E-state index contributed by atoms with van der Waals surface area (Å²) in [7, 11) is 1.53. The fourth-order valence-electron chi connectivity index (χ4n) is 5.69. The maximum atomic E-state index is 14.9. The first-order valence-corrected chi connectivity index (χ1v) is 15.3. The van der Waals surface area contributed by atoms with Crippen LogP contribution in [0.25, 0.3) is 10.9 Å². The monoisotopic (exact) mass is 657 g/mol. The zero-order valence-electron chi connectivity index (χ0n) is 25.7. The van der Waals surface area contributed by atoms with E-state index in [1.807, 2.05) is 30.3 Å². The summed E-state index contributed by atoms with van der Waals surface area (Å²) in [6.07, 6.45) is 4.09. The Kier molecular flexibility index (Phi) is 9.43. The van der Waals surface area contributed by atoms with Crippen LogP contribution >= 0.6 is 12.2 Å². The zero-order chi connectivity index (χ0) is 32.9. The summed E-state index contributed by atoms with van der Waals surface area (Å²) in [5, 5.41) is 5.71. The Balaban J connectivity index is 1.08. The van der Waals surface area contributed by atoms with E-state index in [-0.39, 0.29) is 47.2 Å². The molecular formula is C34H32FN5O6S. The van der Waals surface area contributed by atoms with Crippen molar-refractivity contribution < 1.29 is 32.9 Å². The van der Waals surface area contributed by atoms with E-state index in [4.69, 9.17) is 31.2 Å². The van der Waals surface area contributed by atoms with Gasteiger partial charge in [-0.25, -0.2) is 19.2 Å². The summed E-state index contributed by atoms with van der Waals surface area (Å²) >= 11 is 5.03. The van der Waals surface area contributed by atoms with Crippen molar-refractivity contribution in [3.8, 4) is 23.1 Å². The molecule has 0 bridgehead atoms. The highest BCUT2D eigenvalue weighted by atomic mass is 32.1. The van der Waals surface area contributed by atoms with Crippen LogP contribution < -0.4 is 24.8 Å². The van der Waals surface area contributed by atoms with E-state index in [1.54, 1.807) is 23.1 Å². The number of benzene rings is 3. The second kappa shape index (κ2) is 14.0. The zero-order valence-corrected chi connectivity index (χ0v) is 26.5. The van der Waals surface area contributed by atoms with Gasteiger partial charge in [-0.05, 0) is 48.0 Å². The number of amides is 2. The van der Waals surface area contributed by atoms with Crippen LogP contribution in [0.4, 0.5) is 14.9 Å². The number of carbonyl (C=O) groups excluding carboxylic acids is 2. The number of halogens is 1. The molecule has 4 aromatic rings. The molecule has 6 rings (SSSR count). The molecule has 2 aliphatic rings. The van der Waals surface area contributed by atoms with Crippen molar-refractivity contribution in [3.05, 3.63) is 90.0 Å². The molecule has 2 heterocycles. The summed E-state index contributed by atoms with van der Waals surface area (Å²) in [6, 6.07) is 17.2. The summed E-state index contributed by atoms with van der Waals surface area (Å²) in [5.74, 6) is 0.462. The van der Waals surface area contributed by atoms with Gasteiger partial charge in [0.25, 0.3) is 0 Å². The van der Waals surface area contributed by atoms with E-state index in [9.17, 15) is 14.0 Å². The molecular weight excluding hydrogens is 625 g/mol. The number of methoxy groups -OCH3 is 1. The van der Waals surface area contributed by atoms with Gasteiger partial charge in [0.1, 0.15) is 12.9 Å². The Morgan fingerprint density at radius 2 is 1.89 bits per heavy atom. The number of nitrogens with zero attached hydrogens (tertiary/aromatic N) is 3. The lowest BCUT2D eigenvalue weighted by molar-refractivity contribution is -0.117. The second-order valence-corrected chi connectivity index (χ2v) is 11.7. The normalized spacial score (nSPS) is 16.7. The molecule has 3 aromatic carbocycles. The first-order valence-electron chi connectivity index (χ1n) is 14.9. The maximum Gasteiger partial charge on any atom is 0.410 e. The molecule has 0 radical (unpaired) electrons. The Labute approximate surface area is 275 Å². The van der Waals surface area contributed by atoms with Crippen molar-refractivity contribution in [2.45, 2.75) is 20.0 Å². The molecule has 2 N–H and O–H groups in total. The molecule has 0 saturated carbocycles. The topological polar surface area (TPSA) is 124 Å². The highest BCUT2D eigenvalue weighted by molar-refractivity contribution is 7.80. The Hall–Kier alpha value is -5.30. The van der Waals surface area contributed by atoms with Gasteiger partial charge < -0.3 is 34.5 Å². The van der Waals surface area contributed by atoms with E-state index in [0.29, 0.717) is 47.8 Å². The quantitative estimate of drug-likeness (QED) is 0.164. The smallest absolute Gasteiger partial charge is 0.410 e. The first kappa shape index (κ1) is 31.7. The molecule has 1 aromatic heterocycles. The number of hydrogen-bond acceptors (Lipinski definition) is 9.